The number of rotatable bonds is 4. The van der Waals surface area contributed by atoms with Crippen LogP contribution in [0.15, 0.2) is 30.3 Å². The third kappa shape index (κ3) is 3.87. The van der Waals surface area contributed by atoms with Crippen LogP contribution in [-0.2, 0) is 11.2 Å². The van der Waals surface area contributed by atoms with Crippen LogP contribution >= 0.6 is 0 Å². The molecule has 0 unspecified atom stereocenters. The monoisotopic (exact) mass is 285 g/mol. The lowest BCUT2D eigenvalue weighted by molar-refractivity contribution is -0.137. The van der Waals surface area contributed by atoms with Crippen LogP contribution in [0.2, 0.25) is 0 Å². The van der Waals surface area contributed by atoms with Crippen molar-refractivity contribution in [1.82, 2.24) is 4.90 Å². The summed E-state index contributed by atoms with van der Waals surface area (Å²) in [6.07, 6.45) is 9.62. The summed E-state index contributed by atoms with van der Waals surface area (Å²) in [6, 6.07) is 10.7. The highest BCUT2D eigenvalue weighted by Gasteiger charge is 2.30. The van der Waals surface area contributed by atoms with Gasteiger partial charge in [0, 0.05) is 19.0 Å². The zero-order valence-electron chi connectivity index (χ0n) is 13.0. The molecule has 0 bridgehead atoms. The lowest BCUT2D eigenvalue weighted by atomic mass is 9.91. The Labute approximate surface area is 128 Å². The first kappa shape index (κ1) is 14.6. The van der Waals surface area contributed by atoms with E-state index in [0.717, 1.165) is 32.4 Å². The van der Waals surface area contributed by atoms with Crippen LogP contribution in [0.5, 0.6) is 0 Å². The highest BCUT2D eigenvalue weighted by atomic mass is 16.2. The second-order valence-electron chi connectivity index (χ2n) is 6.80. The van der Waals surface area contributed by atoms with Crippen LogP contribution in [0.1, 0.15) is 50.5 Å². The van der Waals surface area contributed by atoms with Gasteiger partial charge in [-0.05, 0) is 50.0 Å². The average Bonchev–Trinajstić information content (AvgIpc) is 3.08. The van der Waals surface area contributed by atoms with E-state index in [9.17, 15) is 4.79 Å². The maximum atomic E-state index is 12.5. The SMILES string of the molecule is O=C(C1CCCC1)N1CCC[C@@H](CCc2ccccc2)C1. The lowest BCUT2D eigenvalue weighted by Gasteiger charge is -2.34. The van der Waals surface area contributed by atoms with Gasteiger partial charge in [0.05, 0.1) is 0 Å². The molecule has 114 valence electrons. The summed E-state index contributed by atoms with van der Waals surface area (Å²) in [5.41, 5.74) is 1.43. The van der Waals surface area contributed by atoms with Crippen molar-refractivity contribution in [3.8, 4) is 0 Å². The molecule has 2 fully saturated rings. The molecule has 1 saturated carbocycles. The number of hydrogen-bond donors (Lipinski definition) is 0. The van der Waals surface area contributed by atoms with E-state index in [1.165, 1.54) is 37.7 Å². The van der Waals surface area contributed by atoms with E-state index in [0.29, 0.717) is 17.7 Å². The summed E-state index contributed by atoms with van der Waals surface area (Å²) in [4.78, 5) is 14.7. The summed E-state index contributed by atoms with van der Waals surface area (Å²) in [6.45, 7) is 2.00. The molecule has 2 heteroatoms. The number of carbonyl (C=O) groups excluding carboxylic acids is 1. The minimum atomic E-state index is 0.345. The fourth-order valence-electron chi connectivity index (χ4n) is 3.95. The first-order valence-electron chi connectivity index (χ1n) is 8.65. The Kier molecular flexibility index (Phi) is 4.95. The zero-order chi connectivity index (χ0) is 14.5. The van der Waals surface area contributed by atoms with Crippen molar-refractivity contribution in [2.45, 2.75) is 51.4 Å². The predicted molar refractivity (Wildman–Crippen MR) is 86.0 cm³/mol. The van der Waals surface area contributed by atoms with E-state index in [1.807, 2.05) is 0 Å². The van der Waals surface area contributed by atoms with Gasteiger partial charge in [-0.15, -0.1) is 0 Å². The number of nitrogens with zero attached hydrogens (tertiary/aromatic N) is 1. The molecule has 3 rings (SSSR count). The zero-order valence-corrected chi connectivity index (χ0v) is 13.0. The fourth-order valence-corrected chi connectivity index (χ4v) is 3.95. The normalized spacial score (nSPS) is 23.4. The molecule has 1 aromatic carbocycles. The second-order valence-corrected chi connectivity index (χ2v) is 6.80. The molecular weight excluding hydrogens is 258 g/mol. The highest BCUT2D eigenvalue weighted by molar-refractivity contribution is 5.79. The van der Waals surface area contributed by atoms with Gasteiger partial charge in [-0.3, -0.25) is 4.79 Å². The van der Waals surface area contributed by atoms with Crippen molar-refractivity contribution < 1.29 is 4.79 Å². The summed E-state index contributed by atoms with van der Waals surface area (Å²) >= 11 is 0. The van der Waals surface area contributed by atoms with Gasteiger partial charge in [-0.1, -0.05) is 43.2 Å². The van der Waals surface area contributed by atoms with Crippen molar-refractivity contribution >= 4 is 5.91 Å². The van der Waals surface area contributed by atoms with Crippen molar-refractivity contribution in [2.24, 2.45) is 11.8 Å². The van der Waals surface area contributed by atoms with Gasteiger partial charge < -0.3 is 4.90 Å². The summed E-state index contributed by atoms with van der Waals surface area (Å²) in [7, 11) is 0. The van der Waals surface area contributed by atoms with E-state index < -0.39 is 0 Å². The van der Waals surface area contributed by atoms with E-state index in [1.54, 1.807) is 0 Å². The Morgan fingerprint density at radius 1 is 1.05 bits per heavy atom. The van der Waals surface area contributed by atoms with Crippen molar-refractivity contribution in [3.05, 3.63) is 35.9 Å². The Bertz CT molecular complexity index is 450. The number of aryl methyl sites for hydroxylation is 1. The van der Waals surface area contributed by atoms with Gasteiger partial charge in [0.1, 0.15) is 0 Å². The molecule has 1 aromatic rings. The molecule has 1 aliphatic heterocycles. The van der Waals surface area contributed by atoms with Gasteiger partial charge in [0.15, 0.2) is 0 Å². The molecular formula is C19H27NO. The average molecular weight is 285 g/mol. The van der Waals surface area contributed by atoms with Crippen LogP contribution < -0.4 is 0 Å². The maximum absolute atomic E-state index is 12.5. The minimum Gasteiger partial charge on any atom is -0.342 e. The third-order valence-electron chi connectivity index (χ3n) is 5.22. The minimum absolute atomic E-state index is 0.345. The molecule has 2 nitrogen and oxygen atoms in total. The molecule has 1 atom stereocenters. The summed E-state index contributed by atoms with van der Waals surface area (Å²) in [5, 5.41) is 0. The van der Waals surface area contributed by atoms with Crippen molar-refractivity contribution in [3.63, 3.8) is 0 Å². The number of likely N-dealkylation sites (tertiary alicyclic amines) is 1. The number of piperidine rings is 1. The molecule has 1 aliphatic carbocycles. The Hall–Kier alpha value is -1.31. The number of benzene rings is 1. The van der Waals surface area contributed by atoms with Gasteiger partial charge in [0.25, 0.3) is 0 Å². The number of amides is 1. The molecule has 1 heterocycles. The van der Waals surface area contributed by atoms with Crippen molar-refractivity contribution in [1.29, 1.82) is 0 Å². The quantitative estimate of drug-likeness (QED) is 0.817. The first-order valence-corrected chi connectivity index (χ1v) is 8.65. The smallest absolute Gasteiger partial charge is 0.225 e. The molecule has 0 aromatic heterocycles. The lowest BCUT2D eigenvalue weighted by Crippen LogP contribution is -2.42. The Morgan fingerprint density at radius 2 is 1.81 bits per heavy atom. The predicted octanol–water partition coefficient (Wildman–Crippen LogP) is 4.05. The molecule has 0 radical (unpaired) electrons. The van der Waals surface area contributed by atoms with Gasteiger partial charge in [-0.2, -0.15) is 0 Å². The van der Waals surface area contributed by atoms with Gasteiger partial charge in [0.2, 0.25) is 5.91 Å². The molecule has 0 N–H and O–H groups in total. The van der Waals surface area contributed by atoms with Crippen LogP contribution in [0.25, 0.3) is 0 Å². The fraction of sp³-hybridized carbons (Fsp3) is 0.632. The van der Waals surface area contributed by atoms with Crippen LogP contribution in [0.4, 0.5) is 0 Å². The highest BCUT2D eigenvalue weighted by Crippen LogP contribution is 2.29. The third-order valence-corrected chi connectivity index (χ3v) is 5.22. The number of carbonyl (C=O) groups is 1. The molecule has 1 saturated heterocycles. The van der Waals surface area contributed by atoms with Gasteiger partial charge in [-0.25, -0.2) is 0 Å². The van der Waals surface area contributed by atoms with Crippen LogP contribution in [0.3, 0.4) is 0 Å². The first-order chi connectivity index (χ1) is 10.3. The van der Waals surface area contributed by atoms with E-state index in [2.05, 4.69) is 35.2 Å². The van der Waals surface area contributed by atoms with Gasteiger partial charge >= 0.3 is 0 Å². The second kappa shape index (κ2) is 7.11. The van der Waals surface area contributed by atoms with Crippen LogP contribution in [-0.4, -0.2) is 23.9 Å². The Balaban J connectivity index is 1.49. The van der Waals surface area contributed by atoms with Crippen LogP contribution in [0, 0.1) is 11.8 Å². The summed E-state index contributed by atoms with van der Waals surface area (Å²) in [5.74, 6) is 1.50. The molecule has 0 spiro atoms. The number of hydrogen-bond acceptors (Lipinski definition) is 1. The standard InChI is InChI=1S/C19H27NO/c21-19(18-10-4-5-11-18)20-14-6-9-17(15-20)13-12-16-7-2-1-3-8-16/h1-3,7-8,17-18H,4-6,9-15H2/t17-/m0/s1. The van der Waals surface area contributed by atoms with E-state index in [-0.39, 0.29) is 0 Å². The van der Waals surface area contributed by atoms with E-state index in [4.69, 9.17) is 0 Å². The van der Waals surface area contributed by atoms with Crippen molar-refractivity contribution in [2.75, 3.05) is 13.1 Å². The molecule has 21 heavy (non-hydrogen) atoms. The Morgan fingerprint density at radius 3 is 2.57 bits per heavy atom. The maximum Gasteiger partial charge on any atom is 0.225 e. The molecule has 2 aliphatic rings. The molecule has 1 amide bonds. The summed E-state index contributed by atoms with van der Waals surface area (Å²) < 4.78 is 0. The topological polar surface area (TPSA) is 20.3 Å². The largest absolute Gasteiger partial charge is 0.342 e. The van der Waals surface area contributed by atoms with E-state index >= 15 is 0 Å².